The fourth-order valence-corrected chi connectivity index (χ4v) is 2.65. The van der Waals surface area contributed by atoms with Crippen LogP contribution in [0.5, 0.6) is 0 Å². The lowest BCUT2D eigenvalue weighted by Gasteiger charge is -2.35. The minimum Gasteiger partial charge on any atom is -0.469 e. The van der Waals surface area contributed by atoms with Crippen molar-refractivity contribution in [1.29, 1.82) is 0 Å². The van der Waals surface area contributed by atoms with E-state index in [1.54, 1.807) is 0 Å². The van der Waals surface area contributed by atoms with Crippen molar-refractivity contribution in [1.82, 2.24) is 5.32 Å². The van der Waals surface area contributed by atoms with Crippen LogP contribution in [-0.2, 0) is 20.9 Å². The number of benzene rings is 1. The lowest BCUT2D eigenvalue weighted by Crippen LogP contribution is -2.52. The highest BCUT2D eigenvalue weighted by Crippen LogP contribution is 2.26. The minimum atomic E-state index is -1.02. The van der Waals surface area contributed by atoms with Crippen molar-refractivity contribution >= 4 is 12.1 Å². The molecule has 1 aliphatic rings. The summed E-state index contributed by atoms with van der Waals surface area (Å²) >= 11 is 0. The van der Waals surface area contributed by atoms with E-state index in [4.69, 9.17) is 9.47 Å². The first kappa shape index (κ1) is 17.2. The van der Waals surface area contributed by atoms with Gasteiger partial charge in [0.25, 0.3) is 0 Å². The van der Waals surface area contributed by atoms with Crippen LogP contribution >= 0.6 is 0 Å². The highest BCUT2D eigenvalue weighted by molar-refractivity contribution is 5.75. The van der Waals surface area contributed by atoms with Crippen LogP contribution in [0.1, 0.15) is 18.4 Å². The maximum Gasteiger partial charge on any atom is 0.407 e. The van der Waals surface area contributed by atoms with E-state index in [2.05, 4.69) is 5.32 Å². The molecular weight excluding hydrogens is 302 g/mol. The number of esters is 1. The summed E-state index contributed by atoms with van der Waals surface area (Å²) in [5, 5.41) is 22.0. The number of amides is 1. The Hall–Kier alpha value is -2.12. The number of methoxy groups -OCH3 is 1. The van der Waals surface area contributed by atoms with E-state index < -0.39 is 36.2 Å². The molecule has 0 unspecified atom stereocenters. The summed E-state index contributed by atoms with van der Waals surface area (Å²) in [4.78, 5) is 23.7. The third-order valence-corrected chi connectivity index (χ3v) is 3.94. The number of carbonyl (C=O) groups is 2. The van der Waals surface area contributed by atoms with E-state index in [9.17, 15) is 19.8 Å². The van der Waals surface area contributed by atoms with Crippen LogP contribution in [-0.4, -0.2) is 47.6 Å². The average molecular weight is 323 g/mol. The summed E-state index contributed by atoms with van der Waals surface area (Å²) in [7, 11) is 1.24. The van der Waals surface area contributed by atoms with Gasteiger partial charge in [0.15, 0.2) is 0 Å². The largest absolute Gasteiger partial charge is 0.469 e. The lowest BCUT2D eigenvalue weighted by molar-refractivity contribution is -0.151. The topological polar surface area (TPSA) is 105 Å². The van der Waals surface area contributed by atoms with Crippen molar-refractivity contribution in [3.05, 3.63) is 35.9 Å². The molecule has 23 heavy (non-hydrogen) atoms. The smallest absolute Gasteiger partial charge is 0.407 e. The van der Waals surface area contributed by atoms with Gasteiger partial charge in [-0.1, -0.05) is 30.3 Å². The molecule has 4 atom stereocenters. The van der Waals surface area contributed by atoms with Crippen molar-refractivity contribution in [2.45, 2.75) is 37.7 Å². The van der Waals surface area contributed by atoms with Crippen LogP contribution in [0, 0.1) is 5.92 Å². The number of rotatable bonds is 4. The van der Waals surface area contributed by atoms with Crippen LogP contribution in [0.3, 0.4) is 0 Å². The molecule has 0 heterocycles. The molecule has 0 aliphatic heterocycles. The normalized spacial score (nSPS) is 27.1. The first-order chi connectivity index (χ1) is 11.0. The molecular formula is C16H21NO6. The SMILES string of the molecule is COC(=O)[C@@H]1C[C@@H](O)[C@@H](O)C[C@@H]1NC(=O)OCc1ccccc1. The van der Waals surface area contributed by atoms with Gasteiger partial charge in [-0.05, 0) is 18.4 Å². The summed E-state index contributed by atoms with van der Waals surface area (Å²) in [5.74, 6) is -1.26. The quantitative estimate of drug-likeness (QED) is 0.700. The molecule has 1 aromatic rings. The molecule has 1 amide bonds. The number of hydrogen-bond donors (Lipinski definition) is 3. The molecule has 0 saturated heterocycles. The van der Waals surface area contributed by atoms with Crippen molar-refractivity contribution in [3.63, 3.8) is 0 Å². The fraction of sp³-hybridized carbons (Fsp3) is 0.500. The first-order valence-electron chi connectivity index (χ1n) is 7.42. The summed E-state index contributed by atoms with van der Waals surface area (Å²) < 4.78 is 9.80. The van der Waals surface area contributed by atoms with E-state index >= 15 is 0 Å². The Bertz CT molecular complexity index is 535. The van der Waals surface area contributed by atoms with E-state index in [1.807, 2.05) is 30.3 Å². The molecule has 1 aromatic carbocycles. The molecule has 3 N–H and O–H groups in total. The Morgan fingerprint density at radius 1 is 1.17 bits per heavy atom. The minimum absolute atomic E-state index is 0.0253. The van der Waals surface area contributed by atoms with E-state index in [0.717, 1.165) is 5.56 Å². The van der Waals surface area contributed by atoms with Crippen LogP contribution < -0.4 is 5.32 Å². The van der Waals surface area contributed by atoms with E-state index in [0.29, 0.717) is 0 Å². The van der Waals surface area contributed by atoms with Gasteiger partial charge < -0.3 is 25.0 Å². The van der Waals surface area contributed by atoms with Crippen LogP contribution in [0.25, 0.3) is 0 Å². The molecule has 7 nitrogen and oxygen atoms in total. The van der Waals surface area contributed by atoms with Gasteiger partial charge in [-0.15, -0.1) is 0 Å². The predicted octanol–water partition coefficient (Wildman–Crippen LogP) is 0.586. The van der Waals surface area contributed by atoms with Gasteiger partial charge in [-0.2, -0.15) is 0 Å². The molecule has 0 spiro atoms. The summed E-state index contributed by atoms with van der Waals surface area (Å²) in [6.45, 7) is 0.105. The predicted molar refractivity (Wildman–Crippen MR) is 80.3 cm³/mol. The Labute approximate surface area is 134 Å². The Morgan fingerprint density at radius 2 is 1.83 bits per heavy atom. The molecule has 0 aromatic heterocycles. The first-order valence-corrected chi connectivity index (χ1v) is 7.42. The number of ether oxygens (including phenoxy) is 2. The van der Waals surface area contributed by atoms with Gasteiger partial charge in [-0.3, -0.25) is 4.79 Å². The Morgan fingerprint density at radius 3 is 2.48 bits per heavy atom. The number of alkyl carbamates (subject to hydrolysis) is 1. The van der Waals surface area contributed by atoms with Gasteiger partial charge in [0.1, 0.15) is 6.61 Å². The van der Waals surface area contributed by atoms with E-state index in [1.165, 1.54) is 7.11 Å². The second-order valence-corrected chi connectivity index (χ2v) is 5.55. The summed E-state index contributed by atoms with van der Waals surface area (Å²) in [6, 6.07) is 8.53. The van der Waals surface area contributed by atoms with Crippen molar-refractivity contribution in [2.75, 3.05) is 7.11 Å². The van der Waals surface area contributed by atoms with Crippen molar-refractivity contribution in [2.24, 2.45) is 5.92 Å². The molecule has 1 saturated carbocycles. The van der Waals surface area contributed by atoms with Gasteiger partial charge in [0, 0.05) is 6.04 Å². The monoisotopic (exact) mass is 323 g/mol. The maximum atomic E-state index is 11.9. The lowest BCUT2D eigenvalue weighted by atomic mass is 9.81. The number of aliphatic hydroxyl groups excluding tert-OH is 2. The summed E-state index contributed by atoms with van der Waals surface area (Å²) in [6.07, 6.45) is -2.62. The highest BCUT2D eigenvalue weighted by Gasteiger charge is 2.40. The third-order valence-electron chi connectivity index (χ3n) is 3.94. The van der Waals surface area contributed by atoms with Crippen molar-refractivity contribution in [3.8, 4) is 0 Å². The van der Waals surface area contributed by atoms with Gasteiger partial charge in [0.2, 0.25) is 0 Å². The van der Waals surface area contributed by atoms with Crippen LogP contribution in [0.4, 0.5) is 4.79 Å². The zero-order valence-corrected chi connectivity index (χ0v) is 12.8. The zero-order chi connectivity index (χ0) is 16.8. The number of nitrogens with one attached hydrogen (secondary N) is 1. The summed E-state index contributed by atoms with van der Waals surface area (Å²) in [5.41, 5.74) is 0.839. The Kier molecular flexibility index (Phi) is 5.95. The third kappa shape index (κ3) is 4.67. The molecule has 0 radical (unpaired) electrons. The molecule has 0 bridgehead atoms. The van der Waals surface area contributed by atoms with Gasteiger partial charge >= 0.3 is 12.1 Å². The fourth-order valence-electron chi connectivity index (χ4n) is 2.65. The average Bonchev–Trinajstić information content (AvgIpc) is 2.56. The molecule has 2 rings (SSSR count). The number of hydrogen-bond acceptors (Lipinski definition) is 6. The Balaban J connectivity index is 1.92. The molecule has 1 fully saturated rings. The second kappa shape index (κ2) is 7.94. The van der Waals surface area contributed by atoms with Crippen molar-refractivity contribution < 1.29 is 29.3 Å². The molecule has 126 valence electrons. The maximum absolute atomic E-state index is 11.9. The number of aliphatic hydroxyl groups is 2. The van der Waals surface area contributed by atoms with Gasteiger partial charge in [0.05, 0.1) is 25.2 Å². The second-order valence-electron chi connectivity index (χ2n) is 5.55. The standard InChI is InChI=1S/C16H21NO6/c1-22-15(20)11-7-13(18)14(19)8-12(11)17-16(21)23-9-10-5-3-2-4-6-10/h2-6,11-14,18-19H,7-9H2,1H3,(H,17,21)/t11-,12+,13-,14+/m1/s1. The zero-order valence-electron chi connectivity index (χ0n) is 12.8. The number of carbonyl (C=O) groups excluding carboxylic acids is 2. The molecule has 7 heteroatoms. The van der Waals surface area contributed by atoms with E-state index in [-0.39, 0.29) is 19.4 Å². The molecule has 1 aliphatic carbocycles. The highest BCUT2D eigenvalue weighted by atomic mass is 16.5. The van der Waals surface area contributed by atoms with Gasteiger partial charge in [-0.25, -0.2) is 4.79 Å². The van der Waals surface area contributed by atoms with Crippen LogP contribution in [0.15, 0.2) is 30.3 Å². The van der Waals surface area contributed by atoms with Crippen LogP contribution in [0.2, 0.25) is 0 Å².